The Balaban J connectivity index is 2.63. The van der Waals surface area contributed by atoms with E-state index in [1.807, 2.05) is 6.21 Å². The van der Waals surface area contributed by atoms with Crippen LogP contribution in [0.2, 0.25) is 0 Å². The Labute approximate surface area is 68.6 Å². The molecule has 0 amide bonds. The lowest BCUT2D eigenvalue weighted by Gasteiger charge is -2.08. The van der Waals surface area contributed by atoms with Crippen molar-refractivity contribution in [3.8, 4) is 0 Å². The van der Waals surface area contributed by atoms with E-state index in [4.69, 9.17) is 0 Å². The van der Waals surface area contributed by atoms with Crippen LogP contribution in [-0.4, -0.2) is 9.93 Å². The molecule has 1 heterocycles. The fourth-order valence-corrected chi connectivity index (χ4v) is 1.74. The van der Waals surface area contributed by atoms with Crippen LogP contribution in [0, 0.1) is 11.8 Å². The molecular weight excluding hydrogens is 227 g/mol. The summed E-state index contributed by atoms with van der Waals surface area (Å²) in [6.07, 6.45) is 1.91. The van der Waals surface area contributed by atoms with Gasteiger partial charge in [0.1, 0.15) is 3.72 Å². The van der Waals surface area contributed by atoms with Gasteiger partial charge in [-0.1, -0.05) is 13.8 Å². The summed E-state index contributed by atoms with van der Waals surface area (Å²) in [5, 5.41) is 7.73. The summed E-state index contributed by atoms with van der Waals surface area (Å²) in [6.45, 7) is 4.35. The lowest BCUT2D eigenvalue weighted by Crippen LogP contribution is -2.13. The monoisotopic (exact) mass is 236 g/mol. The van der Waals surface area contributed by atoms with Gasteiger partial charge in [0, 0.05) is 12.1 Å². The van der Waals surface area contributed by atoms with E-state index >= 15 is 0 Å². The minimum atomic E-state index is 0.477. The normalized spacial score (nSPS) is 25.3. The second-order valence-corrected chi connectivity index (χ2v) is 3.56. The Morgan fingerprint density at radius 2 is 2.33 bits per heavy atom. The van der Waals surface area contributed by atoms with E-state index in [0.717, 1.165) is 3.72 Å². The maximum absolute atomic E-state index is 3.91. The molecule has 1 atom stereocenters. The zero-order valence-corrected chi connectivity index (χ0v) is 7.66. The van der Waals surface area contributed by atoms with Crippen LogP contribution in [0.1, 0.15) is 13.8 Å². The topological polar surface area (TPSA) is 24.7 Å². The van der Waals surface area contributed by atoms with Gasteiger partial charge in [0.2, 0.25) is 0 Å². The van der Waals surface area contributed by atoms with Crippen molar-refractivity contribution in [1.82, 2.24) is 0 Å². The highest BCUT2D eigenvalue weighted by Gasteiger charge is 2.18. The molecule has 1 unspecified atom stereocenters. The maximum atomic E-state index is 3.91. The van der Waals surface area contributed by atoms with Crippen molar-refractivity contribution >= 4 is 32.5 Å². The van der Waals surface area contributed by atoms with Crippen LogP contribution in [0.25, 0.3) is 0 Å². The third-order valence-corrected chi connectivity index (χ3v) is 2.31. The molecule has 0 saturated heterocycles. The van der Waals surface area contributed by atoms with Crippen molar-refractivity contribution in [3.63, 3.8) is 0 Å². The molecule has 2 nitrogen and oxygen atoms in total. The van der Waals surface area contributed by atoms with Crippen LogP contribution in [0.3, 0.4) is 0 Å². The molecule has 0 aromatic rings. The molecule has 0 aromatic carbocycles. The van der Waals surface area contributed by atoms with E-state index in [1.54, 1.807) is 0 Å². The number of halogens is 1. The van der Waals surface area contributed by atoms with E-state index in [0.29, 0.717) is 11.8 Å². The fraction of sp³-hybridized carbons (Fsp3) is 0.667. The van der Waals surface area contributed by atoms with Gasteiger partial charge in [-0.25, -0.2) is 0 Å². The van der Waals surface area contributed by atoms with Crippen LogP contribution in [0.5, 0.6) is 0 Å². The molecule has 0 N–H and O–H groups in total. The predicted octanol–water partition coefficient (Wildman–Crippen LogP) is 2.09. The van der Waals surface area contributed by atoms with Crippen LogP contribution < -0.4 is 0 Å². The van der Waals surface area contributed by atoms with Gasteiger partial charge >= 0.3 is 0 Å². The van der Waals surface area contributed by atoms with Gasteiger partial charge in [-0.05, 0) is 28.5 Å². The molecule has 0 radical (unpaired) electrons. The molecular formula is C6H9IN2. The molecule has 0 saturated carbocycles. The van der Waals surface area contributed by atoms with E-state index in [9.17, 15) is 0 Å². The summed E-state index contributed by atoms with van der Waals surface area (Å²) in [4.78, 5) is 0. The van der Waals surface area contributed by atoms with E-state index in [2.05, 4.69) is 46.6 Å². The lowest BCUT2D eigenvalue weighted by atomic mass is 9.99. The molecule has 1 rings (SSSR count). The van der Waals surface area contributed by atoms with Gasteiger partial charge in [0.25, 0.3) is 0 Å². The first-order valence-corrected chi connectivity index (χ1v) is 4.06. The van der Waals surface area contributed by atoms with Crippen molar-refractivity contribution in [2.75, 3.05) is 0 Å². The zero-order valence-electron chi connectivity index (χ0n) is 5.50. The highest BCUT2D eigenvalue weighted by Crippen LogP contribution is 2.18. The van der Waals surface area contributed by atoms with E-state index < -0.39 is 0 Å². The third-order valence-electron chi connectivity index (χ3n) is 1.37. The van der Waals surface area contributed by atoms with Gasteiger partial charge < -0.3 is 0 Å². The Morgan fingerprint density at radius 3 is 2.56 bits per heavy atom. The quantitative estimate of drug-likeness (QED) is 0.623. The highest BCUT2D eigenvalue weighted by molar-refractivity contribution is 14.1. The summed E-state index contributed by atoms with van der Waals surface area (Å²) >= 11 is 2.23. The van der Waals surface area contributed by atoms with Gasteiger partial charge in [0.15, 0.2) is 0 Å². The standard InChI is InChI=1S/C6H9IN2/c1-4(2)5-3-8-9-6(5)7/h3-5H,1-2H3. The van der Waals surface area contributed by atoms with Crippen LogP contribution in [0.15, 0.2) is 10.2 Å². The largest absolute Gasteiger partial charge is 0.162 e. The Morgan fingerprint density at radius 1 is 1.67 bits per heavy atom. The van der Waals surface area contributed by atoms with Gasteiger partial charge in [0.05, 0.1) is 0 Å². The minimum Gasteiger partial charge on any atom is -0.162 e. The van der Waals surface area contributed by atoms with Crippen molar-refractivity contribution in [2.24, 2.45) is 22.0 Å². The molecule has 0 fully saturated rings. The number of nitrogens with zero attached hydrogens (tertiary/aromatic N) is 2. The fourth-order valence-electron chi connectivity index (χ4n) is 0.736. The van der Waals surface area contributed by atoms with Crippen molar-refractivity contribution in [1.29, 1.82) is 0 Å². The zero-order chi connectivity index (χ0) is 6.85. The molecule has 0 spiro atoms. The summed E-state index contributed by atoms with van der Waals surface area (Å²) < 4.78 is 1.11. The molecule has 0 aliphatic carbocycles. The maximum Gasteiger partial charge on any atom is 0.110 e. The van der Waals surface area contributed by atoms with Crippen LogP contribution in [0.4, 0.5) is 0 Å². The summed E-state index contributed by atoms with van der Waals surface area (Å²) in [6, 6.07) is 0. The molecule has 1 aliphatic heterocycles. The Hall–Kier alpha value is 0.0700. The van der Waals surface area contributed by atoms with Crippen LogP contribution in [-0.2, 0) is 0 Å². The molecule has 50 valence electrons. The first-order valence-electron chi connectivity index (χ1n) is 2.98. The van der Waals surface area contributed by atoms with Crippen molar-refractivity contribution in [3.05, 3.63) is 0 Å². The third kappa shape index (κ3) is 1.50. The summed E-state index contributed by atoms with van der Waals surface area (Å²) in [7, 11) is 0. The van der Waals surface area contributed by atoms with Gasteiger partial charge in [-0.3, -0.25) is 0 Å². The second-order valence-electron chi connectivity index (χ2n) is 2.46. The lowest BCUT2D eigenvalue weighted by molar-refractivity contribution is 0.621. The van der Waals surface area contributed by atoms with Crippen molar-refractivity contribution < 1.29 is 0 Å². The van der Waals surface area contributed by atoms with Gasteiger partial charge in [-0.2, -0.15) is 5.10 Å². The Kier molecular flexibility index (Phi) is 2.21. The van der Waals surface area contributed by atoms with Crippen LogP contribution >= 0.6 is 22.6 Å². The summed E-state index contributed by atoms with van der Waals surface area (Å²) in [5.41, 5.74) is 0. The average molecular weight is 236 g/mol. The van der Waals surface area contributed by atoms with Crippen molar-refractivity contribution in [2.45, 2.75) is 13.8 Å². The first-order chi connectivity index (χ1) is 4.22. The molecule has 1 aliphatic rings. The average Bonchev–Trinajstić information content (AvgIpc) is 2.13. The number of hydrogen-bond acceptors (Lipinski definition) is 2. The van der Waals surface area contributed by atoms with Gasteiger partial charge in [-0.15, -0.1) is 5.10 Å². The van der Waals surface area contributed by atoms with E-state index in [-0.39, 0.29) is 0 Å². The SMILES string of the molecule is CC(C)C1C=NN=C1I. The second kappa shape index (κ2) is 2.77. The molecule has 0 bridgehead atoms. The molecule has 0 aromatic heterocycles. The Bertz CT molecular complexity index is 160. The highest BCUT2D eigenvalue weighted by atomic mass is 127. The smallest absolute Gasteiger partial charge is 0.110 e. The minimum absolute atomic E-state index is 0.477. The molecule has 9 heavy (non-hydrogen) atoms. The number of rotatable bonds is 1. The summed E-state index contributed by atoms with van der Waals surface area (Å²) in [5.74, 6) is 1.11. The first kappa shape index (κ1) is 7.18. The van der Waals surface area contributed by atoms with E-state index in [1.165, 1.54) is 0 Å². The molecule has 3 heteroatoms. The number of hydrogen-bond donors (Lipinski definition) is 0. The predicted molar refractivity (Wildman–Crippen MR) is 48.3 cm³/mol.